The molecule has 3 aliphatic rings. The number of hydrogen-bond donors (Lipinski definition) is 0. The van der Waals surface area contributed by atoms with E-state index in [0.717, 1.165) is 45.4 Å². The Labute approximate surface area is 132 Å². The molecule has 1 atom stereocenters. The van der Waals surface area contributed by atoms with E-state index in [2.05, 4.69) is 26.5 Å². The van der Waals surface area contributed by atoms with Crippen molar-refractivity contribution in [3.05, 3.63) is 18.0 Å². The summed E-state index contributed by atoms with van der Waals surface area (Å²) in [6, 6.07) is 2.60. The van der Waals surface area contributed by atoms with Gasteiger partial charge in [0.15, 0.2) is 0 Å². The van der Waals surface area contributed by atoms with Crippen molar-refractivity contribution >= 4 is 5.91 Å². The molecule has 1 spiro atoms. The fraction of sp³-hybridized carbons (Fsp3) is 0.765. The second-order valence-electron chi connectivity index (χ2n) is 7.15. The molecule has 0 bridgehead atoms. The Morgan fingerprint density at radius 2 is 2.00 bits per heavy atom. The number of piperidine rings is 1. The van der Waals surface area contributed by atoms with Gasteiger partial charge in [-0.25, -0.2) is 0 Å². The highest BCUT2D eigenvalue weighted by Gasteiger charge is 2.52. The molecule has 0 aromatic carbocycles. The SMILES string of the molecule is Cc1ccnn1CCN1CCCC12CCCN(C1CC1)C2=O. The molecule has 4 rings (SSSR count). The molecule has 5 heteroatoms. The second kappa shape index (κ2) is 5.37. The number of likely N-dealkylation sites (tertiary alicyclic amines) is 2. The zero-order valence-electron chi connectivity index (χ0n) is 13.5. The van der Waals surface area contributed by atoms with Crippen LogP contribution in [0.3, 0.4) is 0 Å². The Morgan fingerprint density at radius 3 is 2.68 bits per heavy atom. The fourth-order valence-electron chi connectivity index (χ4n) is 4.39. The highest BCUT2D eigenvalue weighted by atomic mass is 16.2. The van der Waals surface area contributed by atoms with Crippen LogP contribution in [0.1, 0.15) is 44.2 Å². The van der Waals surface area contributed by atoms with Crippen LogP contribution in [0.4, 0.5) is 0 Å². The maximum atomic E-state index is 13.1. The monoisotopic (exact) mass is 302 g/mol. The lowest BCUT2D eigenvalue weighted by molar-refractivity contribution is -0.148. The number of aryl methyl sites for hydroxylation is 1. The Bertz CT molecular complexity index is 565. The summed E-state index contributed by atoms with van der Waals surface area (Å²) in [5.41, 5.74) is 1.00. The maximum absolute atomic E-state index is 13.1. The number of carbonyl (C=O) groups excluding carboxylic acids is 1. The fourth-order valence-corrected chi connectivity index (χ4v) is 4.39. The van der Waals surface area contributed by atoms with E-state index in [1.54, 1.807) is 0 Å². The summed E-state index contributed by atoms with van der Waals surface area (Å²) in [6.07, 6.45) is 8.71. The van der Waals surface area contributed by atoms with E-state index in [-0.39, 0.29) is 5.54 Å². The summed E-state index contributed by atoms with van der Waals surface area (Å²) in [7, 11) is 0. The van der Waals surface area contributed by atoms with E-state index in [1.807, 2.05) is 12.3 Å². The van der Waals surface area contributed by atoms with Crippen molar-refractivity contribution in [2.45, 2.75) is 63.6 Å². The Hall–Kier alpha value is -1.36. The van der Waals surface area contributed by atoms with Gasteiger partial charge in [0.1, 0.15) is 5.54 Å². The summed E-state index contributed by atoms with van der Waals surface area (Å²) in [6.45, 7) is 5.96. The molecule has 5 nitrogen and oxygen atoms in total. The van der Waals surface area contributed by atoms with Crippen molar-refractivity contribution in [3.63, 3.8) is 0 Å². The molecule has 2 aliphatic heterocycles. The molecule has 1 aliphatic carbocycles. The summed E-state index contributed by atoms with van der Waals surface area (Å²) in [4.78, 5) is 17.8. The van der Waals surface area contributed by atoms with Gasteiger partial charge in [-0.15, -0.1) is 0 Å². The molecule has 22 heavy (non-hydrogen) atoms. The largest absolute Gasteiger partial charge is 0.338 e. The normalized spacial score (nSPS) is 29.7. The van der Waals surface area contributed by atoms with Crippen LogP contribution in [0.2, 0.25) is 0 Å². The lowest BCUT2D eigenvalue weighted by Crippen LogP contribution is -2.60. The molecule has 1 aromatic rings. The molecule has 1 saturated carbocycles. The molecule has 1 unspecified atom stereocenters. The van der Waals surface area contributed by atoms with Gasteiger partial charge in [-0.05, 0) is 58.1 Å². The zero-order valence-corrected chi connectivity index (χ0v) is 13.5. The zero-order chi connectivity index (χ0) is 15.2. The van der Waals surface area contributed by atoms with Gasteiger partial charge in [0.05, 0.1) is 6.54 Å². The predicted octanol–water partition coefficient (Wildman–Crippen LogP) is 1.81. The van der Waals surface area contributed by atoms with Gasteiger partial charge in [0.25, 0.3) is 0 Å². The average molecular weight is 302 g/mol. The number of hydrogen-bond acceptors (Lipinski definition) is 3. The van der Waals surface area contributed by atoms with Crippen molar-refractivity contribution in [3.8, 4) is 0 Å². The number of rotatable bonds is 4. The van der Waals surface area contributed by atoms with Crippen molar-refractivity contribution in [2.24, 2.45) is 0 Å². The Balaban J connectivity index is 1.49. The van der Waals surface area contributed by atoms with Gasteiger partial charge in [0, 0.05) is 31.0 Å². The van der Waals surface area contributed by atoms with E-state index in [1.165, 1.54) is 25.0 Å². The van der Waals surface area contributed by atoms with Crippen LogP contribution in [0.5, 0.6) is 0 Å². The summed E-state index contributed by atoms with van der Waals surface area (Å²) in [5.74, 6) is 0.427. The molecule has 2 saturated heterocycles. The molecule has 1 aromatic heterocycles. The van der Waals surface area contributed by atoms with Gasteiger partial charge < -0.3 is 4.90 Å². The highest BCUT2D eigenvalue weighted by Crippen LogP contribution is 2.41. The van der Waals surface area contributed by atoms with E-state index in [4.69, 9.17) is 0 Å². The quantitative estimate of drug-likeness (QED) is 0.852. The molecular formula is C17H26N4O. The number of carbonyl (C=O) groups is 1. The second-order valence-corrected chi connectivity index (χ2v) is 7.15. The van der Waals surface area contributed by atoms with Crippen LogP contribution < -0.4 is 0 Å². The van der Waals surface area contributed by atoms with Crippen LogP contribution in [-0.4, -0.2) is 56.7 Å². The van der Waals surface area contributed by atoms with Crippen molar-refractivity contribution in [2.75, 3.05) is 19.6 Å². The average Bonchev–Trinajstić information content (AvgIpc) is 3.16. The summed E-state index contributed by atoms with van der Waals surface area (Å²) < 4.78 is 2.05. The molecule has 3 fully saturated rings. The molecule has 0 N–H and O–H groups in total. The van der Waals surface area contributed by atoms with Gasteiger partial charge in [-0.3, -0.25) is 14.4 Å². The van der Waals surface area contributed by atoms with Crippen LogP contribution >= 0.6 is 0 Å². The van der Waals surface area contributed by atoms with Gasteiger partial charge in [-0.1, -0.05) is 0 Å². The van der Waals surface area contributed by atoms with E-state index < -0.39 is 0 Å². The van der Waals surface area contributed by atoms with Crippen LogP contribution in [0, 0.1) is 6.92 Å². The third-order valence-corrected chi connectivity index (χ3v) is 5.77. The topological polar surface area (TPSA) is 41.4 Å². The maximum Gasteiger partial charge on any atom is 0.243 e. The van der Waals surface area contributed by atoms with Gasteiger partial charge >= 0.3 is 0 Å². The van der Waals surface area contributed by atoms with Crippen LogP contribution in [-0.2, 0) is 11.3 Å². The highest BCUT2D eigenvalue weighted by molar-refractivity contribution is 5.88. The van der Waals surface area contributed by atoms with Crippen molar-refractivity contribution in [1.29, 1.82) is 0 Å². The number of amides is 1. The third-order valence-electron chi connectivity index (χ3n) is 5.77. The molecular weight excluding hydrogens is 276 g/mol. The summed E-state index contributed by atoms with van der Waals surface area (Å²) >= 11 is 0. The minimum Gasteiger partial charge on any atom is -0.338 e. The lowest BCUT2D eigenvalue weighted by Gasteiger charge is -2.45. The van der Waals surface area contributed by atoms with Crippen molar-refractivity contribution in [1.82, 2.24) is 19.6 Å². The van der Waals surface area contributed by atoms with Gasteiger partial charge in [0.2, 0.25) is 5.91 Å². The van der Waals surface area contributed by atoms with E-state index in [0.29, 0.717) is 11.9 Å². The van der Waals surface area contributed by atoms with Crippen LogP contribution in [0.15, 0.2) is 12.3 Å². The third kappa shape index (κ3) is 2.26. The lowest BCUT2D eigenvalue weighted by atomic mass is 9.85. The van der Waals surface area contributed by atoms with Crippen LogP contribution in [0.25, 0.3) is 0 Å². The molecule has 3 heterocycles. The summed E-state index contributed by atoms with van der Waals surface area (Å²) in [5, 5.41) is 4.38. The Morgan fingerprint density at radius 1 is 1.23 bits per heavy atom. The van der Waals surface area contributed by atoms with E-state index >= 15 is 0 Å². The molecule has 0 radical (unpaired) electrons. The van der Waals surface area contributed by atoms with Gasteiger partial charge in [-0.2, -0.15) is 5.10 Å². The first-order valence-electron chi connectivity index (χ1n) is 8.75. The van der Waals surface area contributed by atoms with E-state index in [9.17, 15) is 4.79 Å². The first-order chi connectivity index (χ1) is 10.7. The van der Waals surface area contributed by atoms with Crippen molar-refractivity contribution < 1.29 is 4.79 Å². The number of aromatic nitrogens is 2. The molecule has 1 amide bonds. The smallest absolute Gasteiger partial charge is 0.243 e. The first kappa shape index (κ1) is 14.2. The first-order valence-corrected chi connectivity index (χ1v) is 8.75. The predicted molar refractivity (Wildman–Crippen MR) is 84.5 cm³/mol. The minimum absolute atomic E-state index is 0.193. The standard InChI is InChI=1S/C17H26N4O/c1-14-6-9-18-21(14)13-12-19-10-2-7-17(19)8-3-11-20(16(17)22)15-4-5-15/h6,9,15H,2-5,7-8,10-13H2,1H3. The number of nitrogens with zero attached hydrogens (tertiary/aromatic N) is 4. The Kier molecular flexibility index (Phi) is 3.48. The molecule has 120 valence electrons. The minimum atomic E-state index is -0.193.